The molecule has 0 aromatic carbocycles. The topological polar surface area (TPSA) is 190 Å². The number of hydrogen-bond donors (Lipinski definition) is 5. The van der Waals surface area contributed by atoms with E-state index in [4.69, 9.17) is 15.2 Å². The molecule has 0 radical (unpaired) electrons. The van der Waals surface area contributed by atoms with E-state index in [0.717, 1.165) is 38.8 Å². The molecule has 0 aliphatic carbocycles. The zero-order valence-corrected chi connectivity index (χ0v) is 22.2. The Balaban J connectivity index is 1.18. The molecule has 214 valence electrons. The van der Waals surface area contributed by atoms with Crippen molar-refractivity contribution < 1.29 is 29.3 Å². The van der Waals surface area contributed by atoms with E-state index in [2.05, 4.69) is 25.6 Å². The number of nitrogens with zero attached hydrogens (tertiary/aromatic N) is 5. The molecule has 14 nitrogen and oxygen atoms in total. The van der Waals surface area contributed by atoms with Gasteiger partial charge in [0.2, 0.25) is 0 Å². The van der Waals surface area contributed by atoms with Crippen molar-refractivity contribution in [1.29, 1.82) is 0 Å². The molecule has 3 fully saturated rings. The Labute approximate surface area is 226 Å². The Morgan fingerprint density at radius 2 is 2.00 bits per heavy atom. The predicted molar refractivity (Wildman–Crippen MR) is 139 cm³/mol. The predicted octanol–water partition coefficient (Wildman–Crippen LogP) is -0.445. The number of carbonyl (C=O) groups excluding carboxylic acids is 2. The fourth-order valence-corrected chi connectivity index (χ4v) is 5.54. The van der Waals surface area contributed by atoms with Crippen molar-refractivity contribution in [3.05, 3.63) is 12.2 Å². The van der Waals surface area contributed by atoms with Crippen molar-refractivity contribution in [2.45, 2.75) is 63.6 Å². The summed E-state index contributed by atoms with van der Waals surface area (Å²) < 4.78 is 12.7. The summed E-state index contributed by atoms with van der Waals surface area (Å²) in [4.78, 5) is 39.8. The summed E-state index contributed by atoms with van der Waals surface area (Å²) in [5, 5.41) is 26.9. The second kappa shape index (κ2) is 12.0. The van der Waals surface area contributed by atoms with Crippen LogP contribution in [0.15, 0.2) is 6.33 Å². The molecular formula is C25H38N8O6. The standard InChI is InChI=1S/C25H38N8O6/c1-2-28-23(36)20-18(34)19(35)24(39-20)33-13-29-17-21(26)30-16(31-22(17)33)4-3-14-6-9-32(10-7-14)25(37)38-12-15-5-8-27-11-15/h13-15,18-20,24,27,34-35H,2-12H2,1H3,(H,28,36)(H2,26,30,31)/t15?,18?,19?,20-,24+/m0/s1. The van der Waals surface area contributed by atoms with Gasteiger partial charge in [0.05, 0.1) is 12.9 Å². The molecule has 5 atom stereocenters. The highest BCUT2D eigenvalue weighted by Gasteiger charge is 2.47. The second-order valence-electron chi connectivity index (χ2n) is 10.6. The zero-order valence-electron chi connectivity index (χ0n) is 22.2. The van der Waals surface area contributed by atoms with Gasteiger partial charge in [0.25, 0.3) is 5.91 Å². The fraction of sp³-hybridized carbons (Fsp3) is 0.720. The number of ether oxygens (including phenoxy) is 2. The Morgan fingerprint density at radius 3 is 2.72 bits per heavy atom. The van der Waals surface area contributed by atoms with Gasteiger partial charge < -0.3 is 41.0 Å². The van der Waals surface area contributed by atoms with Gasteiger partial charge in [-0.2, -0.15) is 0 Å². The average Bonchev–Trinajstić information content (AvgIpc) is 3.67. The van der Waals surface area contributed by atoms with Crippen molar-refractivity contribution in [3.63, 3.8) is 0 Å². The number of likely N-dealkylation sites (tertiary alicyclic amines) is 1. The summed E-state index contributed by atoms with van der Waals surface area (Å²) in [5.41, 5.74) is 6.89. The van der Waals surface area contributed by atoms with E-state index in [0.29, 0.717) is 61.5 Å². The summed E-state index contributed by atoms with van der Waals surface area (Å²) in [6.45, 7) is 5.80. The molecule has 3 aliphatic rings. The third kappa shape index (κ3) is 5.93. The highest BCUT2D eigenvalue weighted by Crippen LogP contribution is 2.32. The number of aryl methyl sites for hydroxylation is 1. The number of carbonyl (C=O) groups is 2. The SMILES string of the molecule is CCNC(=O)[C@H]1O[C@@H](n2cnc3c(N)nc(CCC4CCN(C(=O)OCC5CCNC5)CC4)nc32)C(O)C1O. The van der Waals surface area contributed by atoms with Crippen LogP contribution in [0.2, 0.25) is 0 Å². The first kappa shape index (κ1) is 27.5. The highest BCUT2D eigenvalue weighted by atomic mass is 16.6. The van der Waals surface area contributed by atoms with Crippen molar-refractivity contribution in [1.82, 2.24) is 35.1 Å². The number of amides is 2. The third-order valence-electron chi connectivity index (χ3n) is 7.87. The number of anilines is 1. The number of nitrogens with two attached hydrogens (primary N) is 1. The lowest BCUT2D eigenvalue weighted by Gasteiger charge is -2.31. The van der Waals surface area contributed by atoms with Gasteiger partial charge in [-0.05, 0) is 45.1 Å². The van der Waals surface area contributed by atoms with E-state index < -0.39 is 30.4 Å². The van der Waals surface area contributed by atoms with Crippen LogP contribution in [0.25, 0.3) is 11.2 Å². The van der Waals surface area contributed by atoms with Crippen LogP contribution in [-0.2, 0) is 20.7 Å². The summed E-state index contributed by atoms with van der Waals surface area (Å²) in [6.07, 6.45) is 0.336. The number of rotatable bonds is 8. The first-order chi connectivity index (χ1) is 18.9. The maximum Gasteiger partial charge on any atom is 0.409 e. The monoisotopic (exact) mass is 546 g/mol. The minimum atomic E-state index is -1.40. The van der Waals surface area contributed by atoms with Gasteiger partial charge in [-0.3, -0.25) is 9.36 Å². The van der Waals surface area contributed by atoms with Gasteiger partial charge in [-0.15, -0.1) is 0 Å². The lowest BCUT2D eigenvalue weighted by atomic mass is 9.92. The molecule has 0 spiro atoms. The first-order valence-corrected chi connectivity index (χ1v) is 13.8. The van der Waals surface area contributed by atoms with E-state index in [1.54, 1.807) is 11.8 Å². The summed E-state index contributed by atoms with van der Waals surface area (Å²) >= 11 is 0. The number of imidazole rings is 1. The van der Waals surface area contributed by atoms with E-state index >= 15 is 0 Å². The molecule has 5 heterocycles. The Morgan fingerprint density at radius 1 is 1.21 bits per heavy atom. The average molecular weight is 547 g/mol. The van der Waals surface area contributed by atoms with Gasteiger partial charge >= 0.3 is 6.09 Å². The number of nitrogen functional groups attached to an aromatic ring is 1. The molecule has 2 aromatic heterocycles. The van der Waals surface area contributed by atoms with Crippen molar-refractivity contribution >= 4 is 29.0 Å². The van der Waals surface area contributed by atoms with Gasteiger partial charge in [-0.25, -0.2) is 19.7 Å². The van der Waals surface area contributed by atoms with Gasteiger partial charge in [0.1, 0.15) is 23.5 Å². The van der Waals surface area contributed by atoms with Crippen LogP contribution in [0, 0.1) is 11.8 Å². The van der Waals surface area contributed by atoms with Crippen molar-refractivity contribution in [2.75, 3.05) is 45.1 Å². The molecule has 5 rings (SSSR count). The Bertz CT molecular complexity index is 1160. The quantitative estimate of drug-likeness (QED) is 0.288. The van der Waals surface area contributed by atoms with Crippen LogP contribution >= 0.6 is 0 Å². The number of aliphatic hydroxyl groups excluding tert-OH is 2. The lowest BCUT2D eigenvalue weighted by Crippen LogP contribution is -2.42. The van der Waals surface area contributed by atoms with Crippen LogP contribution in [0.1, 0.15) is 44.7 Å². The number of likely N-dealkylation sites (N-methyl/N-ethyl adjacent to an activating group) is 1. The van der Waals surface area contributed by atoms with E-state index in [1.165, 1.54) is 10.9 Å². The molecule has 0 saturated carbocycles. The minimum absolute atomic E-state index is 0.206. The maximum atomic E-state index is 12.4. The van der Waals surface area contributed by atoms with Crippen LogP contribution in [-0.4, -0.2) is 104 Å². The molecule has 2 aromatic rings. The van der Waals surface area contributed by atoms with E-state index in [9.17, 15) is 19.8 Å². The van der Waals surface area contributed by atoms with Crippen LogP contribution < -0.4 is 16.4 Å². The Hall–Kier alpha value is -3.07. The van der Waals surface area contributed by atoms with Crippen LogP contribution in [0.4, 0.5) is 10.6 Å². The molecule has 6 N–H and O–H groups in total. The van der Waals surface area contributed by atoms with Crippen LogP contribution in [0.5, 0.6) is 0 Å². The smallest absolute Gasteiger partial charge is 0.409 e. The number of nitrogens with one attached hydrogen (secondary N) is 2. The lowest BCUT2D eigenvalue weighted by molar-refractivity contribution is -0.137. The molecule has 3 saturated heterocycles. The molecule has 14 heteroatoms. The van der Waals surface area contributed by atoms with Crippen molar-refractivity contribution in [2.24, 2.45) is 11.8 Å². The number of hydrogen-bond acceptors (Lipinski definition) is 11. The number of aliphatic hydroxyl groups is 2. The molecule has 39 heavy (non-hydrogen) atoms. The number of piperidine rings is 1. The van der Waals surface area contributed by atoms with E-state index in [1.807, 2.05) is 0 Å². The maximum absolute atomic E-state index is 12.4. The molecular weight excluding hydrogens is 508 g/mol. The molecule has 3 aliphatic heterocycles. The minimum Gasteiger partial charge on any atom is -0.449 e. The van der Waals surface area contributed by atoms with Crippen molar-refractivity contribution in [3.8, 4) is 0 Å². The molecule has 3 unspecified atom stereocenters. The molecule has 0 bridgehead atoms. The first-order valence-electron chi connectivity index (χ1n) is 13.8. The zero-order chi connectivity index (χ0) is 27.5. The van der Waals surface area contributed by atoms with Gasteiger partial charge in [0.15, 0.2) is 23.8 Å². The fourth-order valence-electron chi connectivity index (χ4n) is 5.54. The largest absolute Gasteiger partial charge is 0.449 e. The highest BCUT2D eigenvalue weighted by molar-refractivity contribution is 5.83. The van der Waals surface area contributed by atoms with E-state index in [-0.39, 0.29) is 11.9 Å². The van der Waals surface area contributed by atoms with Gasteiger partial charge in [0, 0.05) is 38.5 Å². The molecule has 2 amide bonds. The van der Waals surface area contributed by atoms with Crippen LogP contribution in [0.3, 0.4) is 0 Å². The summed E-state index contributed by atoms with van der Waals surface area (Å²) in [6, 6.07) is 0. The second-order valence-corrected chi connectivity index (χ2v) is 10.6. The van der Waals surface area contributed by atoms with Gasteiger partial charge in [-0.1, -0.05) is 0 Å². The summed E-state index contributed by atoms with van der Waals surface area (Å²) in [7, 11) is 0. The Kier molecular flexibility index (Phi) is 8.45. The number of aromatic nitrogens is 4. The normalized spacial score (nSPS) is 27.8. The number of fused-ring (bicyclic) bond motifs is 1. The third-order valence-corrected chi connectivity index (χ3v) is 7.87. The summed E-state index contributed by atoms with van der Waals surface area (Å²) in [5.74, 6) is 1.05.